The van der Waals surface area contributed by atoms with E-state index in [-0.39, 0.29) is 10.1 Å². The Labute approximate surface area is 157 Å². The predicted molar refractivity (Wildman–Crippen MR) is 104 cm³/mol. The minimum atomic E-state index is -3.59. The topological polar surface area (TPSA) is 87.6 Å². The second-order valence-electron chi connectivity index (χ2n) is 6.31. The van der Waals surface area contributed by atoms with Crippen LogP contribution in [0.4, 0.5) is 5.69 Å². The summed E-state index contributed by atoms with van der Waals surface area (Å²) in [7, 11) is -3.59. The van der Waals surface area contributed by atoms with Crippen LogP contribution in [0.5, 0.6) is 0 Å². The number of sulfonamides is 1. The second kappa shape index (κ2) is 8.01. The molecule has 26 heavy (non-hydrogen) atoms. The Morgan fingerprint density at radius 2 is 1.96 bits per heavy atom. The van der Waals surface area contributed by atoms with E-state index in [9.17, 15) is 13.2 Å². The first-order chi connectivity index (χ1) is 12.5. The maximum atomic E-state index is 12.2. The van der Waals surface area contributed by atoms with Gasteiger partial charge in [-0.05, 0) is 60.9 Å². The largest absolute Gasteiger partial charge is 0.279 e. The summed E-state index contributed by atoms with van der Waals surface area (Å²) in [5.74, 6) is 0.0982. The normalized spacial score (nSPS) is 19.3. The van der Waals surface area contributed by atoms with Crippen LogP contribution in [0, 0.1) is 5.92 Å². The van der Waals surface area contributed by atoms with Gasteiger partial charge in [0.25, 0.3) is 15.9 Å². The van der Waals surface area contributed by atoms with Crippen LogP contribution in [0.3, 0.4) is 0 Å². The number of nitrogens with one attached hydrogen (secondary N) is 2. The van der Waals surface area contributed by atoms with Crippen molar-refractivity contribution in [2.45, 2.75) is 36.8 Å². The number of thiophene rings is 1. The van der Waals surface area contributed by atoms with E-state index in [2.05, 4.69) is 22.2 Å². The summed E-state index contributed by atoms with van der Waals surface area (Å²) in [6, 6.07) is 9.51. The van der Waals surface area contributed by atoms with Crippen LogP contribution in [-0.4, -0.2) is 20.0 Å². The molecule has 8 heteroatoms. The Hall–Kier alpha value is -2.19. The van der Waals surface area contributed by atoms with Gasteiger partial charge in [0.15, 0.2) is 0 Å². The molecule has 1 aromatic carbocycles. The van der Waals surface area contributed by atoms with E-state index in [4.69, 9.17) is 0 Å². The van der Waals surface area contributed by atoms with E-state index in [1.807, 2.05) is 0 Å². The first kappa shape index (κ1) is 18.6. The van der Waals surface area contributed by atoms with Gasteiger partial charge in [0, 0.05) is 17.0 Å². The van der Waals surface area contributed by atoms with Gasteiger partial charge in [-0.1, -0.05) is 19.4 Å². The highest BCUT2D eigenvalue weighted by Gasteiger charge is 2.17. The fourth-order valence-electron chi connectivity index (χ4n) is 2.83. The van der Waals surface area contributed by atoms with Crippen molar-refractivity contribution in [3.63, 3.8) is 0 Å². The molecule has 1 amide bonds. The van der Waals surface area contributed by atoms with E-state index in [1.165, 1.54) is 6.42 Å². The van der Waals surface area contributed by atoms with Gasteiger partial charge in [0.1, 0.15) is 4.21 Å². The first-order valence-corrected chi connectivity index (χ1v) is 10.9. The monoisotopic (exact) mass is 391 g/mol. The third-order valence-corrected chi connectivity index (χ3v) is 7.13. The average molecular weight is 392 g/mol. The molecular weight excluding hydrogens is 370 g/mol. The van der Waals surface area contributed by atoms with E-state index < -0.39 is 10.0 Å². The number of amides is 1. The Morgan fingerprint density at radius 1 is 1.19 bits per heavy atom. The molecule has 1 aromatic heterocycles. The van der Waals surface area contributed by atoms with Crippen LogP contribution < -0.4 is 10.1 Å². The lowest BCUT2D eigenvalue weighted by Gasteiger charge is -2.19. The summed E-state index contributed by atoms with van der Waals surface area (Å²) in [6.45, 7) is 2.12. The van der Waals surface area contributed by atoms with Gasteiger partial charge < -0.3 is 0 Å². The van der Waals surface area contributed by atoms with E-state index in [0.717, 1.165) is 36.3 Å². The molecule has 0 saturated heterocycles. The zero-order valence-electron chi connectivity index (χ0n) is 14.4. The van der Waals surface area contributed by atoms with Crippen LogP contribution in [0.15, 0.2) is 51.1 Å². The Morgan fingerprint density at radius 3 is 2.62 bits per heavy atom. The molecule has 1 saturated carbocycles. The molecule has 0 spiro atoms. The van der Waals surface area contributed by atoms with Gasteiger partial charge in [0.05, 0.1) is 0 Å². The van der Waals surface area contributed by atoms with Crippen LogP contribution in [0.2, 0.25) is 0 Å². The Kier molecular flexibility index (Phi) is 5.73. The lowest BCUT2D eigenvalue weighted by Crippen LogP contribution is -2.24. The number of anilines is 1. The Balaban J connectivity index is 1.64. The predicted octanol–water partition coefficient (Wildman–Crippen LogP) is 3.84. The number of benzene rings is 1. The maximum absolute atomic E-state index is 12.2. The molecule has 2 N–H and O–H groups in total. The first-order valence-electron chi connectivity index (χ1n) is 8.49. The molecule has 0 aliphatic heterocycles. The fourth-order valence-corrected chi connectivity index (χ4v) is 4.89. The molecule has 6 nitrogen and oxygen atoms in total. The second-order valence-corrected chi connectivity index (χ2v) is 9.16. The van der Waals surface area contributed by atoms with Crippen LogP contribution in [0.25, 0.3) is 0 Å². The summed E-state index contributed by atoms with van der Waals surface area (Å²) in [5, 5.41) is 5.97. The number of rotatable bonds is 5. The molecule has 1 atom stereocenters. The number of hydrazone groups is 1. The van der Waals surface area contributed by atoms with Crippen molar-refractivity contribution in [3.05, 3.63) is 47.3 Å². The zero-order chi connectivity index (χ0) is 18.6. The van der Waals surface area contributed by atoms with Gasteiger partial charge in [-0.3, -0.25) is 9.52 Å². The van der Waals surface area contributed by atoms with Crippen LogP contribution in [0.1, 0.15) is 43.0 Å². The summed E-state index contributed by atoms with van der Waals surface area (Å²) < 4.78 is 27.1. The molecule has 0 bridgehead atoms. The van der Waals surface area contributed by atoms with Crippen molar-refractivity contribution in [1.82, 2.24) is 5.43 Å². The molecule has 0 radical (unpaired) electrons. The zero-order valence-corrected chi connectivity index (χ0v) is 16.1. The molecule has 1 aliphatic rings. The van der Waals surface area contributed by atoms with Gasteiger partial charge in [-0.25, -0.2) is 13.8 Å². The molecule has 1 unspecified atom stereocenters. The van der Waals surface area contributed by atoms with Crippen LogP contribution >= 0.6 is 11.3 Å². The summed E-state index contributed by atoms with van der Waals surface area (Å²) in [6.07, 6.45) is 4.34. The standard InChI is InChI=1S/C18H21N3O3S2/c1-13-5-2-3-6-16(13)19-20-18(22)14-8-10-15(11-9-14)21-26(23,24)17-7-4-12-25-17/h4,7-13,21H,2-3,5-6H2,1H3,(H,20,22)/b19-16+. The van der Waals surface area contributed by atoms with Crippen molar-refractivity contribution in [1.29, 1.82) is 0 Å². The van der Waals surface area contributed by atoms with Crippen molar-refractivity contribution in [2.24, 2.45) is 11.0 Å². The average Bonchev–Trinajstić information content (AvgIpc) is 3.17. The van der Waals surface area contributed by atoms with Gasteiger partial charge in [-0.15, -0.1) is 11.3 Å². The number of carbonyl (C=O) groups excluding carboxylic acids is 1. The molecule has 138 valence electrons. The quantitative estimate of drug-likeness (QED) is 0.759. The summed E-state index contributed by atoms with van der Waals surface area (Å²) in [5.41, 5.74) is 4.47. The van der Waals surface area contributed by atoms with E-state index in [1.54, 1.807) is 41.8 Å². The van der Waals surface area contributed by atoms with Gasteiger partial charge in [0.2, 0.25) is 0 Å². The van der Waals surface area contributed by atoms with Crippen LogP contribution in [-0.2, 0) is 10.0 Å². The smallest absolute Gasteiger partial charge is 0.271 e. The molecule has 1 heterocycles. The lowest BCUT2D eigenvalue weighted by molar-refractivity contribution is 0.0954. The highest BCUT2D eigenvalue weighted by molar-refractivity contribution is 7.94. The number of carbonyl (C=O) groups is 1. The highest BCUT2D eigenvalue weighted by Crippen LogP contribution is 2.21. The number of hydrogen-bond donors (Lipinski definition) is 2. The van der Waals surface area contributed by atoms with E-state index >= 15 is 0 Å². The molecule has 3 rings (SSSR count). The minimum absolute atomic E-state index is 0.247. The SMILES string of the molecule is CC1CCCC/C1=N\NC(=O)c1ccc(NS(=O)(=O)c2cccs2)cc1. The molecule has 1 aliphatic carbocycles. The summed E-state index contributed by atoms with van der Waals surface area (Å²) in [4.78, 5) is 12.2. The molecule has 2 aromatic rings. The number of hydrogen-bond acceptors (Lipinski definition) is 5. The Bertz CT molecular complexity index is 888. The minimum Gasteiger partial charge on any atom is -0.279 e. The van der Waals surface area contributed by atoms with Crippen molar-refractivity contribution < 1.29 is 13.2 Å². The number of nitrogens with zero attached hydrogens (tertiary/aromatic N) is 1. The molecular formula is C18H21N3O3S2. The van der Waals surface area contributed by atoms with Crippen molar-refractivity contribution in [3.8, 4) is 0 Å². The van der Waals surface area contributed by atoms with Crippen molar-refractivity contribution >= 4 is 38.7 Å². The van der Waals surface area contributed by atoms with E-state index in [0.29, 0.717) is 17.2 Å². The van der Waals surface area contributed by atoms with Crippen molar-refractivity contribution in [2.75, 3.05) is 4.72 Å². The van der Waals surface area contributed by atoms with Gasteiger partial charge >= 0.3 is 0 Å². The molecule has 1 fully saturated rings. The maximum Gasteiger partial charge on any atom is 0.271 e. The van der Waals surface area contributed by atoms with Gasteiger partial charge in [-0.2, -0.15) is 5.10 Å². The highest BCUT2D eigenvalue weighted by atomic mass is 32.2. The third kappa shape index (κ3) is 4.50. The lowest BCUT2D eigenvalue weighted by atomic mass is 9.89. The summed E-state index contributed by atoms with van der Waals surface area (Å²) >= 11 is 1.15. The third-order valence-electron chi connectivity index (χ3n) is 4.35. The fraction of sp³-hybridized carbons (Fsp3) is 0.333.